The fraction of sp³-hybridized carbons (Fsp3) is 0.182. The fourth-order valence-electron chi connectivity index (χ4n) is 2.69. The van der Waals surface area contributed by atoms with Crippen LogP contribution >= 0.6 is 34.8 Å². The van der Waals surface area contributed by atoms with Crippen LogP contribution in [0.1, 0.15) is 18.1 Å². The third-order valence-electron chi connectivity index (χ3n) is 4.08. The molecule has 29 heavy (non-hydrogen) atoms. The highest BCUT2D eigenvalue weighted by molar-refractivity contribution is 6.36. The minimum Gasteiger partial charge on any atom is -0.490 e. The van der Waals surface area contributed by atoms with Gasteiger partial charge in [0.25, 0.3) is 0 Å². The molecule has 0 saturated carbocycles. The average molecular weight is 455 g/mol. The number of anilines is 1. The third kappa shape index (κ3) is 5.92. The highest BCUT2D eigenvalue weighted by Gasteiger charge is 2.13. The Balaban J connectivity index is 1.75. The summed E-state index contributed by atoms with van der Waals surface area (Å²) in [6.45, 7) is 3.08. The van der Waals surface area contributed by atoms with Crippen molar-refractivity contribution in [1.29, 1.82) is 0 Å². The van der Waals surface area contributed by atoms with Crippen molar-refractivity contribution < 1.29 is 13.9 Å². The molecule has 0 aliphatic rings. The lowest BCUT2D eigenvalue weighted by molar-refractivity contribution is 0.269. The molecule has 152 valence electrons. The van der Waals surface area contributed by atoms with Gasteiger partial charge in [0, 0.05) is 11.6 Å². The summed E-state index contributed by atoms with van der Waals surface area (Å²) < 4.78 is 24.6. The summed E-state index contributed by atoms with van der Waals surface area (Å²) in [5.74, 6) is 0.701. The smallest absolute Gasteiger partial charge is 0.180 e. The summed E-state index contributed by atoms with van der Waals surface area (Å²) in [7, 11) is 0. The summed E-state index contributed by atoms with van der Waals surface area (Å²) in [6.07, 6.45) is 0. The molecule has 7 heteroatoms. The molecule has 3 aromatic carbocycles. The minimum atomic E-state index is -0.292. The minimum absolute atomic E-state index is 0.248. The lowest BCUT2D eigenvalue weighted by Crippen LogP contribution is -2.04. The van der Waals surface area contributed by atoms with Gasteiger partial charge in [0.15, 0.2) is 11.5 Å². The van der Waals surface area contributed by atoms with Crippen LogP contribution in [-0.4, -0.2) is 6.61 Å². The van der Waals surface area contributed by atoms with Gasteiger partial charge < -0.3 is 14.8 Å². The van der Waals surface area contributed by atoms with Crippen molar-refractivity contribution in [2.45, 2.75) is 20.1 Å². The molecule has 3 nitrogen and oxygen atoms in total. The average Bonchev–Trinajstić information content (AvgIpc) is 2.68. The zero-order valence-electron chi connectivity index (χ0n) is 15.6. The summed E-state index contributed by atoms with van der Waals surface area (Å²) in [5, 5.41) is 4.79. The van der Waals surface area contributed by atoms with E-state index in [1.165, 1.54) is 12.1 Å². The predicted octanol–water partition coefficient (Wildman–Crippen LogP) is 7.38. The molecule has 0 unspecified atom stereocenters. The number of hydrogen-bond acceptors (Lipinski definition) is 3. The van der Waals surface area contributed by atoms with Crippen LogP contribution in [-0.2, 0) is 13.2 Å². The summed E-state index contributed by atoms with van der Waals surface area (Å²) in [6, 6.07) is 15.0. The number of nitrogens with one attached hydrogen (secondary N) is 1. The molecule has 0 heterocycles. The lowest BCUT2D eigenvalue weighted by atomic mass is 10.2. The molecule has 0 radical (unpaired) electrons. The molecule has 3 rings (SSSR count). The molecule has 0 spiro atoms. The SMILES string of the molecule is CCOc1cc(CNc2ccc(Cl)cc2Cl)cc(Cl)c1OCc1ccc(F)cc1. The van der Waals surface area contributed by atoms with E-state index in [0.717, 1.165) is 16.8 Å². The first kappa shape index (κ1) is 21.6. The van der Waals surface area contributed by atoms with Crippen LogP contribution in [0.2, 0.25) is 15.1 Å². The quantitative estimate of drug-likeness (QED) is 0.385. The highest BCUT2D eigenvalue weighted by Crippen LogP contribution is 2.37. The maximum atomic E-state index is 13.1. The van der Waals surface area contributed by atoms with E-state index in [0.29, 0.717) is 39.7 Å². The Labute approximate surface area is 184 Å². The first-order valence-corrected chi connectivity index (χ1v) is 10.1. The molecular formula is C22H19Cl3FNO2. The Morgan fingerprint density at radius 1 is 0.862 bits per heavy atom. The van der Waals surface area contributed by atoms with E-state index in [1.54, 1.807) is 30.3 Å². The molecule has 0 amide bonds. The molecule has 0 atom stereocenters. The van der Waals surface area contributed by atoms with E-state index in [2.05, 4.69) is 5.32 Å². The van der Waals surface area contributed by atoms with Crippen molar-refractivity contribution in [3.05, 3.63) is 86.6 Å². The van der Waals surface area contributed by atoms with E-state index in [1.807, 2.05) is 19.1 Å². The van der Waals surface area contributed by atoms with Gasteiger partial charge in [0.1, 0.15) is 12.4 Å². The molecule has 0 aromatic heterocycles. The Kier molecular flexibility index (Phi) is 7.48. The van der Waals surface area contributed by atoms with Crippen LogP contribution < -0.4 is 14.8 Å². The Morgan fingerprint density at radius 2 is 1.62 bits per heavy atom. The van der Waals surface area contributed by atoms with Crippen molar-refractivity contribution in [1.82, 2.24) is 0 Å². The zero-order valence-corrected chi connectivity index (χ0v) is 17.9. The first-order valence-electron chi connectivity index (χ1n) is 8.97. The van der Waals surface area contributed by atoms with Crippen molar-refractivity contribution in [3.63, 3.8) is 0 Å². The van der Waals surface area contributed by atoms with Gasteiger partial charge in [-0.15, -0.1) is 0 Å². The van der Waals surface area contributed by atoms with Gasteiger partial charge in [-0.25, -0.2) is 4.39 Å². The van der Waals surface area contributed by atoms with Crippen molar-refractivity contribution in [2.24, 2.45) is 0 Å². The number of halogens is 4. The Bertz CT molecular complexity index is 981. The van der Waals surface area contributed by atoms with Crippen molar-refractivity contribution >= 4 is 40.5 Å². The molecular weight excluding hydrogens is 436 g/mol. The molecule has 0 aliphatic carbocycles. The van der Waals surface area contributed by atoms with E-state index in [4.69, 9.17) is 44.3 Å². The van der Waals surface area contributed by atoms with Gasteiger partial charge in [-0.3, -0.25) is 0 Å². The second kappa shape index (κ2) is 10.1. The molecule has 0 bridgehead atoms. The normalized spacial score (nSPS) is 10.7. The standard InChI is InChI=1S/C22H19Cl3FNO2/c1-2-28-21-10-15(12-27-20-8-5-16(23)11-18(20)24)9-19(25)22(21)29-13-14-3-6-17(26)7-4-14/h3-11,27H,2,12-13H2,1H3. The van der Waals surface area contributed by atoms with Crippen LogP contribution in [0, 0.1) is 5.82 Å². The van der Waals surface area contributed by atoms with Crippen LogP contribution in [0.15, 0.2) is 54.6 Å². The van der Waals surface area contributed by atoms with Crippen molar-refractivity contribution in [2.75, 3.05) is 11.9 Å². The summed E-state index contributed by atoms with van der Waals surface area (Å²) in [5.41, 5.74) is 2.49. The van der Waals surface area contributed by atoms with Crippen LogP contribution in [0.3, 0.4) is 0 Å². The molecule has 0 fully saturated rings. The maximum absolute atomic E-state index is 13.1. The second-order valence-electron chi connectivity index (χ2n) is 6.23. The Hall–Kier alpha value is -2.14. The van der Waals surface area contributed by atoms with Gasteiger partial charge in [0.2, 0.25) is 0 Å². The molecule has 0 saturated heterocycles. The largest absolute Gasteiger partial charge is 0.490 e. The first-order chi connectivity index (χ1) is 14.0. The summed E-state index contributed by atoms with van der Waals surface area (Å²) >= 11 is 18.6. The highest BCUT2D eigenvalue weighted by atomic mass is 35.5. The monoisotopic (exact) mass is 453 g/mol. The van der Waals surface area contributed by atoms with Gasteiger partial charge in [-0.2, -0.15) is 0 Å². The molecule has 0 aliphatic heterocycles. The van der Waals surface area contributed by atoms with E-state index in [-0.39, 0.29) is 12.4 Å². The number of rotatable bonds is 8. The van der Waals surface area contributed by atoms with Gasteiger partial charge in [-0.1, -0.05) is 46.9 Å². The van der Waals surface area contributed by atoms with Gasteiger partial charge in [-0.05, 0) is 60.5 Å². The van der Waals surface area contributed by atoms with Crippen molar-refractivity contribution in [3.8, 4) is 11.5 Å². The summed E-state index contributed by atoms with van der Waals surface area (Å²) in [4.78, 5) is 0. The van der Waals surface area contributed by atoms with Crippen LogP contribution in [0.5, 0.6) is 11.5 Å². The number of benzene rings is 3. The second-order valence-corrected chi connectivity index (χ2v) is 7.48. The predicted molar refractivity (Wildman–Crippen MR) is 117 cm³/mol. The Morgan fingerprint density at radius 3 is 2.31 bits per heavy atom. The molecule has 3 aromatic rings. The zero-order chi connectivity index (χ0) is 20.8. The third-order valence-corrected chi connectivity index (χ3v) is 4.91. The topological polar surface area (TPSA) is 30.5 Å². The van der Waals surface area contributed by atoms with Crippen LogP contribution in [0.25, 0.3) is 0 Å². The lowest BCUT2D eigenvalue weighted by Gasteiger charge is -2.16. The van der Waals surface area contributed by atoms with Gasteiger partial charge >= 0.3 is 0 Å². The van der Waals surface area contributed by atoms with E-state index in [9.17, 15) is 4.39 Å². The van der Waals surface area contributed by atoms with E-state index < -0.39 is 0 Å². The fourth-order valence-corrected chi connectivity index (χ4v) is 3.46. The maximum Gasteiger partial charge on any atom is 0.180 e. The van der Waals surface area contributed by atoms with E-state index >= 15 is 0 Å². The number of hydrogen-bond donors (Lipinski definition) is 1. The molecule has 1 N–H and O–H groups in total. The number of ether oxygens (including phenoxy) is 2. The van der Waals surface area contributed by atoms with Crippen LogP contribution in [0.4, 0.5) is 10.1 Å². The van der Waals surface area contributed by atoms with Gasteiger partial charge in [0.05, 0.1) is 22.3 Å².